The lowest BCUT2D eigenvalue weighted by molar-refractivity contribution is 0.867. The van der Waals surface area contributed by atoms with E-state index in [-0.39, 0.29) is 0 Å². The van der Waals surface area contributed by atoms with Crippen molar-refractivity contribution < 1.29 is 0 Å². The summed E-state index contributed by atoms with van der Waals surface area (Å²) in [5.41, 5.74) is 1.13. The highest BCUT2D eigenvalue weighted by atomic mass is 127. The van der Waals surface area contributed by atoms with E-state index in [1.807, 2.05) is 11.4 Å². The SMILES string of the molecule is CCCc1nc(-c2sccc2Br)nc(NCC)c1I. The minimum Gasteiger partial charge on any atom is -0.369 e. The molecular weight excluding hydrogens is 437 g/mol. The Morgan fingerprint density at radius 3 is 2.74 bits per heavy atom. The van der Waals surface area contributed by atoms with Gasteiger partial charge in [-0.05, 0) is 63.3 Å². The number of aryl methyl sites for hydroxylation is 1. The summed E-state index contributed by atoms with van der Waals surface area (Å²) in [7, 11) is 0. The fraction of sp³-hybridized carbons (Fsp3) is 0.385. The highest BCUT2D eigenvalue weighted by molar-refractivity contribution is 14.1. The Balaban J connectivity index is 2.52. The van der Waals surface area contributed by atoms with Gasteiger partial charge in [0.25, 0.3) is 0 Å². The summed E-state index contributed by atoms with van der Waals surface area (Å²) >= 11 is 7.55. The lowest BCUT2D eigenvalue weighted by Crippen LogP contribution is -2.07. The maximum absolute atomic E-state index is 4.73. The molecule has 3 nitrogen and oxygen atoms in total. The number of nitrogens with zero attached hydrogens (tertiary/aromatic N) is 2. The van der Waals surface area contributed by atoms with Gasteiger partial charge >= 0.3 is 0 Å². The standard InChI is InChI=1S/C13H15BrIN3S/c1-3-5-9-10(15)12(16-4-2)18-13(17-9)11-8(14)6-7-19-11/h6-7H,3-5H2,1-2H3,(H,16,17,18). The number of halogens is 2. The van der Waals surface area contributed by atoms with E-state index in [0.717, 1.165) is 49.6 Å². The molecule has 2 rings (SSSR count). The van der Waals surface area contributed by atoms with Gasteiger partial charge in [0.1, 0.15) is 5.82 Å². The third-order valence-corrected chi connectivity index (χ3v) is 5.54. The molecule has 0 aliphatic carbocycles. The first kappa shape index (κ1) is 15.2. The van der Waals surface area contributed by atoms with Crippen molar-refractivity contribution in [1.82, 2.24) is 9.97 Å². The number of hydrogen-bond donors (Lipinski definition) is 1. The Morgan fingerprint density at radius 2 is 2.16 bits per heavy atom. The van der Waals surface area contributed by atoms with Crippen molar-refractivity contribution >= 4 is 55.7 Å². The van der Waals surface area contributed by atoms with Crippen LogP contribution < -0.4 is 5.32 Å². The van der Waals surface area contributed by atoms with Crippen LogP contribution >= 0.6 is 49.9 Å². The van der Waals surface area contributed by atoms with Crippen molar-refractivity contribution in [2.45, 2.75) is 26.7 Å². The molecular formula is C13H15BrIN3S. The number of aromatic nitrogens is 2. The van der Waals surface area contributed by atoms with Crippen molar-refractivity contribution in [3.05, 3.63) is 25.2 Å². The molecule has 0 bridgehead atoms. The minimum atomic E-state index is 0.807. The first-order chi connectivity index (χ1) is 9.17. The molecule has 2 heterocycles. The van der Waals surface area contributed by atoms with E-state index in [0.29, 0.717) is 0 Å². The highest BCUT2D eigenvalue weighted by Crippen LogP contribution is 2.33. The lowest BCUT2D eigenvalue weighted by Gasteiger charge is -2.11. The summed E-state index contributed by atoms with van der Waals surface area (Å²) in [6, 6.07) is 2.04. The Bertz CT molecular complexity index is 544. The van der Waals surface area contributed by atoms with Crippen LogP contribution in [0.3, 0.4) is 0 Å². The second-order valence-electron chi connectivity index (χ2n) is 4.03. The largest absolute Gasteiger partial charge is 0.369 e. The van der Waals surface area contributed by atoms with Gasteiger partial charge in [-0.3, -0.25) is 0 Å². The molecule has 2 aromatic rings. The zero-order chi connectivity index (χ0) is 13.8. The van der Waals surface area contributed by atoms with Gasteiger partial charge in [-0.2, -0.15) is 0 Å². The predicted molar refractivity (Wildman–Crippen MR) is 93.9 cm³/mol. The van der Waals surface area contributed by atoms with E-state index in [1.165, 1.54) is 0 Å². The maximum atomic E-state index is 4.73. The van der Waals surface area contributed by atoms with Crippen LogP contribution in [0.5, 0.6) is 0 Å². The van der Waals surface area contributed by atoms with Crippen LogP contribution in [0.25, 0.3) is 10.7 Å². The molecule has 19 heavy (non-hydrogen) atoms. The van der Waals surface area contributed by atoms with E-state index >= 15 is 0 Å². The monoisotopic (exact) mass is 451 g/mol. The minimum absolute atomic E-state index is 0.807. The molecule has 102 valence electrons. The summed E-state index contributed by atoms with van der Waals surface area (Å²) in [5, 5.41) is 5.38. The third-order valence-electron chi connectivity index (χ3n) is 2.57. The molecule has 0 amide bonds. The van der Waals surface area contributed by atoms with Crippen LogP contribution in [-0.2, 0) is 6.42 Å². The van der Waals surface area contributed by atoms with E-state index in [4.69, 9.17) is 4.98 Å². The number of anilines is 1. The molecule has 0 spiro atoms. The molecule has 0 atom stereocenters. The van der Waals surface area contributed by atoms with Crippen molar-refractivity contribution in [2.75, 3.05) is 11.9 Å². The fourth-order valence-corrected chi connectivity index (χ4v) is 3.92. The first-order valence-electron chi connectivity index (χ1n) is 6.21. The van der Waals surface area contributed by atoms with Crippen molar-refractivity contribution in [3.63, 3.8) is 0 Å². The number of hydrogen-bond acceptors (Lipinski definition) is 4. The zero-order valence-electron chi connectivity index (χ0n) is 10.8. The Kier molecular flexibility index (Phi) is 5.58. The molecule has 6 heteroatoms. The van der Waals surface area contributed by atoms with Crippen molar-refractivity contribution in [1.29, 1.82) is 0 Å². The fourth-order valence-electron chi connectivity index (χ4n) is 1.74. The average Bonchev–Trinajstić information content (AvgIpc) is 2.81. The summed E-state index contributed by atoms with van der Waals surface area (Å²) < 4.78 is 2.20. The third kappa shape index (κ3) is 3.46. The van der Waals surface area contributed by atoms with Gasteiger partial charge in [0, 0.05) is 11.0 Å². The summed E-state index contributed by atoms with van der Waals surface area (Å²) in [4.78, 5) is 10.5. The molecule has 0 radical (unpaired) electrons. The summed E-state index contributed by atoms with van der Waals surface area (Å²) in [5.74, 6) is 1.75. The van der Waals surface area contributed by atoms with Crippen LogP contribution in [-0.4, -0.2) is 16.5 Å². The summed E-state index contributed by atoms with van der Waals surface area (Å²) in [6.45, 7) is 5.12. The van der Waals surface area contributed by atoms with Crippen LogP contribution in [0.4, 0.5) is 5.82 Å². The van der Waals surface area contributed by atoms with Crippen LogP contribution in [0.1, 0.15) is 26.0 Å². The normalized spacial score (nSPS) is 10.7. The average molecular weight is 452 g/mol. The van der Waals surface area contributed by atoms with E-state index in [2.05, 4.69) is 62.7 Å². The van der Waals surface area contributed by atoms with Gasteiger partial charge in [0.15, 0.2) is 5.82 Å². The molecule has 2 aromatic heterocycles. The topological polar surface area (TPSA) is 37.8 Å². The zero-order valence-corrected chi connectivity index (χ0v) is 15.4. The van der Waals surface area contributed by atoms with Crippen LogP contribution in [0, 0.1) is 3.57 Å². The molecule has 0 aliphatic rings. The van der Waals surface area contributed by atoms with Gasteiger partial charge < -0.3 is 5.32 Å². The van der Waals surface area contributed by atoms with Gasteiger partial charge in [0.05, 0.1) is 14.1 Å². The highest BCUT2D eigenvalue weighted by Gasteiger charge is 2.15. The number of thiophene rings is 1. The van der Waals surface area contributed by atoms with Gasteiger partial charge in [-0.1, -0.05) is 13.3 Å². The maximum Gasteiger partial charge on any atom is 0.173 e. The lowest BCUT2D eigenvalue weighted by atomic mass is 10.2. The van der Waals surface area contributed by atoms with E-state index in [1.54, 1.807) is 11.3 Å². The van der Waals surface area contributed by atoms with Gasteiger partial charge in [0.2, 0.25) is 0 Å². The second kappa shape index (κ2) is 6.99. The molecule has 0 aromatic carbocycles. The Morgan fingerprint density at radius 1 is 1.37 bits per heavy atom. The van der Waals surface area contributed by atoms with Crippen molar-refractivity contribution in [2.24, 2.45) is 0 Å². The number of nitrogens with one attached hydrogen (secondary N) is 1. The Hall–Kier alpha value is -0.210. The predicted octanol–water partition coefficient (Wildman–Crippen LogP) is 4.96. The molecule has 0 aliphatic heterocycles. The van der Waals surface area contributed by atoms with E-state index in [9.17, 15) is 0 Å². The van der Waals surface area contributed by atoms with Crippen molar-refractivity contribution in [3.8, 4) is 10.7 Å². The Labute approximate surface area is 139 Å². The molecule has 1 N–H and O–H groups in total. The smallest absolute Gasteiger partial charge is 0.173 e. The summed E-state index contributed by atoms with van der Waals surface area (Å²) in [6.07, 6.45) is 2.07. The first-order valence-corrected chi connectivity index (χ1v) is 8.96. The molecule has 0 unspecified atom stereocenters. The van der Waals surface area contributed by atoms with Crippen LogP contribution in [0.2, 0.25) is 0 Å². The van der Waals surface area contributed by atoms with E-state index < -0.39 is 0 Å². The molecule has 0 saturated carbocycles. The van der Waals surface area contributed by atoms with Crippen LogP contribution in [0.15, 0.2) is 15.9 Å². The quantitative estimate of drug-likeness (QED) is 0.653. The molecule has 0 fully saturated rings. The van der Waals surface area contributed by atoms with Gasteiger partial charge in [-0.15, -0.1) is 11.3 Å². The molecule has 0 saturated heterocycles. The second-order valence-corrected chi connectivity index (χ2v) is 6.88. The van der Waals surface area contributed by atoms with Gasteiger partial charge in [-0.25, -0.2) is 9.97 Å². The number of rotatable bonds is 5.